The Labute approximate surface area is 69.2 Å². The van der Waals surface area contributed by atoms with Gasteiger partial charge in [-0.05, 0) is 19.0 Å². The number of ether oxygens (including phenoxy) is 1. The van der Waals surface area contributed by atoms with Crippen molar-refractivity contribution in [3.05, 3.63) is 4.91 Å². The van der Waals surface area contributed by atoms with Crippen LogP contribution in [0.1, 0.15) is 13.8 Å². The van der Waals surface area contributed by atoms with Gasteiger partial charge in [-0.2, -0.15) is 0 Å². The van der Waals surface area contributed by atoms with Gasteiger partial charge in [0, 0.05) is 0 Å². The highest BCUT2D eigenvalue weighted by atomic mass is 16.5. The van der Waals surface area contributed by atoms with Gasteiger partial charge in [-0.1, -0.05) is 0 Å². The van der Waals surface area contributed by atoms with Gasteiger partial charge in [0.1, 0.15) is 0 Å². The van der Waals surface area contributed by atoms with Crippen LogP contribution in [-0.4, -0.2) is 24.6 Å². The Bertz CT molecular complexity index is 192. The maximum atomic E-state index is 10.6. The smallest absolute Gasteiger partial charge is 0.409 e. The number of hydrogen-bond acceptors (Lipinski definition) is 5. The van der Waals surface area contributed by atoms with E-state index in [-0.39, 0.29) is 6.61 Å². The van der Waals surface area contributed by atoms with Crippen LogP contribution in [0, 0.1) is 4.91 Å². The van der Waals surface area contributed by atoms with Crippen molar-refractivity contribution < 1.29 is 14.3 Å². The van der Waals surface area contributed by atoms with E-state index in [1.807, 2.05) is 5.32 Å². The van der Waals surface area contributed by atoms with Crippen LogP contribution < -0.4 is 5.32 Å². The Morgan fingerprint density at radius 3 is 2.50 bits per heavy atom. The first-order valence-corrected chi connectivity index (χ1v) is 3.38. The van der Waals surface area contributed by atoms with Crippen molar-refractivity contribution in [3.63, 3.8) is 0 Å². The van der Waals surface area contributed by atoms with Crippen LogP contribution in [0.3, 0.4) is 0 Å². The second-order valence-corrected chi connectivity index (χ2v) is 1.98. The van der Waals surface area contributed by atoms with E-state index in [0.29, 0.717) is 0 Å². The number of carbonyl (C=O) groups is 2. The predicted molar refractivity (Wildman–Crippen MR) is 40.4 cm³/mol. The molecule has 0 rings (SSSR count). The van der Waals surface area contributed by atoms with Crippen molar-refractivity contribution in [1.82, 2.24) is 5.32 Å². The minimum absolute atomic E-state index is 0.176. The third-order valence-electron chi connectivity index (χ3n) is 1.02. The third-order valence-corrected chi connectivity index (χ3v) is 1.02. The lowest BCUT2D eigenvalue weighted by Gasteiger charge is -2.06. The summed E-state index contributed by atoms with van der Waals surface area (Å²) < 4.78 is 4.42. The van der Waals surface area contributed by atoms with E-state index >= 15 is 0 Å². The average molecular weight is 174 g/mol. The van der Waals surface area contributed by atoms with Crippen molar-refractivity contribution in [2.45, 2.75) is 20.0 Å². The number of amides is 1. The number of ketones is 1. The quantitative estimate of drug-likeness (QED) is 0.625. The molecule has 0 saturated heterocycles. The fraction of sp³-hybridized carbons (Fsp3) is 0.667. The molecule has 0 aliphatic rings. The summed E-state index contributed by atoms with van der Waals surface area (Å²) >= 11 is 0. The Balaban J connectivity index is 3.94. The summed E-state index contributed by atoms with van der Waals surface area (Å²) in [4.78, 5) is 31.1. The van der Waals surface area contributed by atoms with E-state index in [4.69, 9.17) is 0 Å². The molecule has 1 N–H and O–H groups in total. The van der Waals surface area contributed by atoms with E-state index in [1.54, 1.807) is 6.92 Å². The maximum Gasteiger partial charge on any atom is 0.409 e. The van der Waals surface area contributed by atoms with E-state index in [1.165, 1.54) is 0 Å². The molecule has 0 aliphatic carbocycles. The monoisotopic (exact) mass is 174 g/mol. The number of nitroso groups, excluding NO2 is 1. The molecule has 6 heteroatoms. The molecule has 1 amide bonds. The number of nitrogens with one attached hydrogen (secondary N) is 1. The SMILES string of the molecule is CCOC(=O)NC(N=O)C(C)=O. The molecule has 0 aromatic heterocycles. The number of rotatable bonds is 4. The minimum atomic E-state index is -1.34. The van der Waals surface area contributed by atoms with Crippen molar-refractivity contribution in [2.24, 2.45) is 5.18 Å². The van der Waals surface area contributed by atoms with Crippen molar-refractivity contribution in [3.8, 4) is 0 Å². The van der Waals surface area contributed by atoms with Crippen LogP contribution in [0.2, 0.25) is 0 Å². The third kappa shape index (κ3) is 3.65. The Hall–Kier alpha value is -1.46. The largest absolute Gasteiger partial charge is 0.450 e. The van der Waals surface area contributed by atoms with Crippen LogP contribution in [0.25, 0.3) is 0 Å². The van der Waals surface area contributed by atoms with E-state index in [2.05, 4.69) is 9.91 Å². The molecule has 0 heterocycles. The first-order valence-electron chi connectivity index (χ1n) is 3.38. The van der Waals surface area contributed by atoms with E-state index in [9.17, 15) is 14.5 Å². The molecule has 0 spiro atoms. The molecule has 0 aromatic carbocycles. The van der Waals surface area contributed by atoms with Crippen molar-refractivity contribution >= 4 is 11.9 Å². The molecule has 0 aromatic rings. The topological polar surface area (TPSA) is 84.8 Å². The van der Waals surface area contributed by atoms with Crippen molar-refractivity contribution in [1.29, 1.82) is 0 Å². The highest BCUT2D eigenvalue weighted by Crippen LogP contribution is 1.88. The van der Waals surface area contributed by atoms with Crippen LogP contribution in [0.5, 0.6) is 0 Å². The lowest BCUT2D eigenvalue weighted by molar-refractivity contribution is -0.118. The summed E-state index contributed by atoms with van der Waals surface area (Å²) in [7, 11) is 0. The molecule has 0 aliphatic heterocycles. The van der Waals surface area contributed by atoms with Gasteiger partial charge in [0.25, 0.3) is 0 Å². The molecule has 0 bridgehead atoms. The molecule has 6 nitrogen and oxygen atoms in total. The number of alkyl carbamates (subject to hydrolysis) is 1. The lowest BCUT2D eigenvalue weighted by atomic mass is 10.4. The zero-order valence-electron chi connectivity index (χ0n) is 6.86. The summed E-state index contributed by atoms with van der Waals surface area (Å²) in [5.74, 6) is -0.530. The van der Waals surface area contributed by atoms with Gasteiger partial charge in [-0.3, -0.25) is 10.1 Å². The molecule has 1 unspecified atom stereocenters. The predicted octanol–water partition coefficient (Wildman–Crippen LogP) is 0.414. The van der Waals surface area contributed by atoms with Gasteiger partial charge < -0.3 is 4.74 Å². The van der Waals surface area contributed by atoms with Crippen LogP contribution in [0.4, 0.5) is 4.79 Å². The molecule has 0 saturated carbocycles. The Kier molecular flexibility index (Phi) is 4.59. The number of carbonyl (C=O) groups excluding carboxylic acids is 2. The fourth-order valence-electron chi connectivity index (χ4n) is 0.487. The molecule has 0 radical (unpaired) electrons. The fourth-order valence-corrected chi connectivity index (χ4v) is 0.487. The van der Waals surface area contributed by atoms with Gasteiger partial charge in [0.05, 0.1) is 6.61 Å². The molecular weight excluding hydrogens is 164 g/mol. The van der Waals surface area contributed by atoms with Gasteiger partial charge in [-0.25, -0.2) is 4.79 Å². The summed E-state index contributed by atoms with van der Waals surface area (Å²) in [6.07, 6.45) is -2.17. The maximum absolute atomic E-state index is 10.6. The molecular formula is C6H10N2O4. The van der Waals surface area contributed by atoms with E-state index < -0.39 is 18.0 Å². The van der Waals surface area contributed by atoms with Gasteiger partial charge >= 0.3 is 6.09 Å². The number of nitrogens with zero attached hydrogens (tertiary/aromatic N) is 1. The Morgan fingerprint density at radius 2 is 2.17 bits per heavy atom. The first-order chi connectivity index (χ1) is 5.61. The van der Waals surface area contributed by atoms with Gasteiger partial charge in [-0.15, -0.1) is 4.91 Å². The summed E-state index contributed by atoms with van der Waals surface area (Å²) in [5, 5.41) is 4.38. The second-order valence-electron chi connectivity index (χ2n) is 1.98. The summed E-state index contributed by atoms with van der Waals surface area (Å²) in [6.45, 7) is 2.93. The molecule has 1 atom stereocenters. The van der Waals surface area contributed by atoms with Crippen LogP contribution >= 0.6 is 0 Å². The first kappa shape index (κ1) is 10.5. The molecule has 68 valence electrons. The second kappa shape index (κ2) is 5.22. The minimum Gasteiger partial charge on any atom is -0.450 e. The van der Waals surface area contributed by atoms with Gasteiger partial charge in [0.15, 0.2) is 5.78 Å². The standard InChI is InChI=1S/C6H10N2O4/c1-3-12-6(10)7-5(8-11)4(2)9/h5H,3H2,1-2H3,(H,7,10). The highest BCUT2D eigenvalue weighted by molar-refractivity contribution is 5.85. The average Bonchev–Trinajstić information content (AvgIpc) is 2.00. The summed E-state index contributed by atoms with van der Waals surface area (Å²) in [5.41, 5.74) is 0. The molecule has 12 heavy (non-hydrogen) atoms. The van der Waals surface area contributed by atoms with Crippen molar-refractivity contribution in [2.75, 3.05) is 6.61 Å². The Morgan fingerprint density at radius 1 is 1.58 bits per heavy atom. The number of hydrogen-bond donors (Lipinski definition) is 1. The highest BCUT2D eigenvalue weighted by Gasteiger charge is 2.17. The zero-order chi connectivity index (χ0) is 9.56. The lowest BCUT2D eigenvalue weighted by Crippen LogP contribution is -2.38. The normalized spacial score (nSPS) is 11.5. The van der Waals surface area contributed by atoms with Crippen LogP contribution in [0.15, 0.2) is 5.18 Å². The van der Waals surface area contributed by atoms with Gasteiger partial charge in [0.2, 0.25) is 6.17 Å². The van der Waals surface area contributed by atoms with E-state index in [0.717, 1.165) is 6.92 Å². The molecule has 0 fully saturated rings. The zero-order valence-corrected chi connectivity index (χ0v) is 6.86. The summed E-state index contributed by atoms with van der Waals surface area (Å²) in [6, 6.07) is 0. The number of Topliss-reactive ketones (excluding diaryl/α,β-unsaturated/α-hetero) is 1. The van der Waals surface area contributed by atoms with Crippen LogP contribution in [-0.2, 0) is 9.53 Å².